The van der Waals surface area contributed by atoms with Crippen LogP contribution in [0.4, 0.5) is 10.1 Å². The van der Waals surface area contributed by atoms with Gasteiger partial charge in [0.25, 0.3) is 5.91 Å². The lowest BCUT2D eigenvalue weighted by atomic mass is 9.98. The van der Waals surface area contributed by atoms with Gasteiger partial charge in [0.2, 0.25) is 11.8 Å². The second-order valence-corrected chi connectivity index (χ2v) is 10.0. The van der Waals surface area contributed by atoms with Crippen LogP contribution in [0.3, 0.4) is 0 Å². The van der Waals surface area contributed by atoms with Gasteiger partial charge in [0.15, 0.2) is 22.1 Å². The summed E-state index contributed by atoms with van der Waals surface area (Å²) >= 11 is -1.43. The fourth-order valence-electron chi connectivity index (χ4n) is 4.16. The molecule has 3 heterocycles. The first kappa shape index (κ1) is 26.4. The Kier molecular flexibility index (Phi) is 7.64. The molecule has 39 heavy (non-hydrogen) atoms. The van der Waals surface area contributed by atoms with E-state index in [4.69, 9.17) is 14.2 Å². The fraction of sp³-hybridized carbons (Fsp3) is 0.179. The van der Waals surface area contributed by atoms with E-state index in [1.165, 1.54) is 12.1 Å². The summed E-state index contributed by atoms with van der Waals surface area (Å²) < 4.78 is 45.8. The molecule has 0 saturated carbocycles. The summed E-state index contributed by atoms with van der Waals surface area (Å²) in [4.78, 5) is 22.5. The summed E-state index contributed by atoms with van der Waals surface area (Å²) in [5, 5.41) is 2.86. The number of anilines is 1. The predicted molar refractivity (Wildman–Crippen MR) is 144 cm³/mol. The third-order valence-corrected chi connectivity index (χ3v) is 7.14. The van der Waals surface area contributed by atoms with E-state index in [1.807, 2.05) is 18.2 Å². The maximum absolute atomic E-state index is 13.7. The number of ether oxygens (including phenoxy) is 3. The van der Waals surface area contributed by atoms with Crippen LogP contribution in [0.15, 0.2) is 65.7 Å². The fourth-order valence-corrected chi connectivity index (χ4v) is 4.83. The Bertz CT molecular complexity index is 1550. The van der Waals surface area contributed by atoms with Crippen LogP contribution < -0.4 is 24.2 Å². The normalized spacial score (nSPS) is 13.1. The molecule has 1 atom stereocenters. The van der Waals surface area contributed by atoms with Crippen molar-refractivity contribution in [2.75, 3.05) is 25.6 Å². The minimum atomic E-state index is -1.43. The molecule has 1 amide bonds. The molecule has 2 N–H and O–H groups in total. The van der Waals surface area contributed by atoms with Crippen molar-refractivity contribution in [1.29, 1.82) is 0 Å². The topological polar surface area (TPSA) is 118 Å². The molecule has 0 radical (unpaired) electrons. The molecule has 0 fully saturated rings. The molecule has 2 aromatic carbocycles. The minimum Gasteiger partial charge on any atom is -0.593 e. The van der Waals surface area contributed by atoms with E-state index in [0.717, 1.165) is 5.56 Å². The third-order valence-electron chi connectivity index (χ3n) is 6.09. The highest BCUT2D eigenvalue weighted by Crippen LogP contribution is 2.38. The zero-order valence-corrected chi connectivity index (χ0v) is 22.2. The zero-order chi connectivity index (χ0) is 27.5. The van der Waals surface area contributed by atoms with Crippen molar-refractivity contribution < 1.29 is 27.9 Å². The van der Waals surface area contributed by atoms with Gasteiger partial charge < -0.3 is 24.1 Å². The van der Waals surface area contributed by atoms with E-state index in [2.05, 4.69) is 20.0 Å². The van der Waals surface area contributed by atoms with E-state index in [-0.39, 0.29) is 17.2 Å². The molecular weight excluding hydrogens is 523 g/mol. The van der Waals surface area contributed by atoms with E-state index < -0.39 is 23.2 Å². The highest BCUT2D eigenvalue weighted by atomic mass is 32.2. The van der Waals surface area contributed by atoms with Gasteiger partial charge in [-0.15, -0.1) is 4.72 Å². The maximum Gasteiger partial charge on any atom is 0.261 e. The van der Waals surface area contributed by atoms with Crippen LogP contribution in [0, 0.1) is 19.8 Å². The van der Waals surface area contributed by atoms with Gasteiger partial charge in [-0.05, 0) is 61.4 Å². The van der Waals surface area contributed by atoms with Gasteiger partial charge in [0.05, 0.1) is 17.1 Å². The molecule has 0 spiro atoms. The van der Waals surface area contributed by atoms with E-state index >= 15 is 0 Å². The standard InChI is InChI=1S/C28H25FN4O5S/c1-16-21(18-7-8-23-24(13-18)37-12-11-36-23)15-31-28(38-22-9-10-25(29)32-17(22)2)26(16)27(34)33-19-5-4-6-20(14-19)39(35)30-3/h4-10,13-15,30H,11-12H2,1-3H3,(H,33,34)/t39-/m1/s1. The molecule has 2 aromatic heterocycles. The van der Waals surface area contributed by atoms with Gasteiger partial charge in [-0.3, -0.25) is 4.79 Å². The van der Waals surface area contributed by atoms with Crippen LogP contribution >= 0.6 is 0 Å². The van der Waals surface area contributed by atoms with E-state index in [1.54, 1.807) is 51.4 Å². The Hall–Kier alpha value is -4.19. The molecule has 4 aromatic rings. The average molecular weight is 549 g/mol. The molecule has 0 unspecified atom stereocenters. The SMILES string of the molecule is CN[S@+]([O-])c1cccc(NC(=O)c2c(Oc3ccc(F)nc3C)ncc(-c3ccc4c(c3)OCCO4)c2C)c1. The number of hydrogen-bond acceptors (Lipinski definition) is 8. The number of rotatable bonds is 7. The molecule has 0 saturated heterocycles. The predicted octanol–water partition coefficient (Wildman–Crippen LogP) is 4.96. The molecular formula is C28H25FN4O5S. The van der Waals surface area contributed by atoms with Crippen LogP contribution in [0.2, 0.25) is 0 Å². The smallest absolute Gasteiger partial charge is 0.261 e. The number of aryl methyl sites for hydroxylation is 1. The number of hydrogen-bond donors (Lipinski definition) is 2. The summed E-state index contributed by atoms with van der Waals surface area (Å²) in [7, 11) is 1.58. The molecule has 5 rings (SSSR count). The van der Waals surface area contributed by atoms with Crippen molar-refractivity contribution in [3.63, 3.8) is 0 Å². The lowest BCUT2D eigenvalue weighted by Crippen LogP contribution is -2.19. The zero-order valence-electron chi connectivity index (χ0n) is 21.4. The third kappa shape index (κ3) is 5.65. The number of pyridine rings is 2. The second-order valence-electron chi connectivity index (χ2n) is 8.61. The summed E-state index contributed by atoms with van der Waals surface area (Å²) in [6, 6.07) is 14.8. The highest BCUT2D eigenvalue weighted by molar-refractivity contribution is 7.89. The van der Waals surface area contributed by atoms with Crippen LogP contribution in [0.1, 0.15) is 21.6 Å². The number of nitrogens with zero attached hydrogens (tertiary/aromatic N) is 2. The number of aromatic nitrogens is 2. The first-order valence-electron chi connectivity index (χ1n) is 12.0. The van der Waals surface area contributed by atoms with Crippen LogP contribution in [0.25, 0.3) is 11.1 Å². The summed E-state index contributed by atoms with van der Waals surface area (Å²) in [6.45, 7) is 4.31. The number of fused-ring (bicyclic) bond motifs is 1. The average Bonchev–Trinajstić information content (AvgIpc) is 2.94. The Morgan fingerprint density at radius 2 is 1.87 bits per heavy atom. The van der Waals surface area contributed by atoms with Gasteiger partial charge in [-0.1, -0.05) is 12.1 Å². The lowest BCUT2D eigenvalue weighted by Gasteiger charge is -2.20. The van der Waals surface area contributed by atoms with Crippen molar-refractivity contribution in [3.8, 4) is 34.3 Å². The largest absolute Gasteiger partial charge is 0.593 e. The van der Waals surface area contributed by atoms with Gasteiger partial charge in [0, 0.05) is 30.6 Å². The van der Waals surface area contributed by atoms with Crippen molar-refractivity contribution in [2.24, 2.45) is 0 Å². The monoisotopic (exact) mass is 548 g/mol. The van der Waals surface area contributed by atoms with Crippen molar-refractivity contribution >= 4 is 23.0 Å². The van der Waals surface area contributed by atoms with Gasteiger partial charge in [-0.2, -0.15) is 4.39 Å². The Labute approximate surface area is 227 Å². The number of benzene rings is 2. The maximum atomic E-state index is 13.7. The van der Waals surface area contributed by atoms with Crippen LogP contribution in [-0.2, 0) is 11.4 Å². The molecule has 0 bridgehead atoms. The van der Waals surface area contributed by atoms with Crippen molar-refractivity contribution in [2.45, 2.75) is 18.7 Å². The molecule has 9 nitrogen and oxygen atoms in total. The van der Waals surface area contributed by atoms with Crippen molar-refractivity contribution in [3.05, 3.63) is 83.6 Å². The number of halogens is 1. The van der Waals surface area contributed by atoms with Gasteiger partial charge in [0.1, 0.15) is 18.8 Å². The summed E-state index contributed by atoms with van der Waals surface area (Å²) in [5.74, 6) is 0.399. The Morgan fingerprint density at radius 3 is 2.64 bits per heavy atom. The number of carbonyl (C=O) groups excluding carboxylic acids is 1. The van der Waals surface area contributed by atoms with E-state index in [9.17, 15) is 13.7 Å². The number of amides is 1. The number of nitrogens with one attached hydrogen (secondary N) is 2. The summed E-state index contributed by atoms with van der Waals surface area (Å²) in [6.07, 6.45) is 1.61. The lowest BCUT2D eigenvalue weighted by molar-refractivity contribution is 0.102. The minimum absolute atomic E-state index is 0.0257. The first-order valence-corrected chi connectivity index (χ1v) is 13.2. The second kappa shape index (κ2) is 11.3. The molecule has 0 aliphatic carbocycles. The number of carbonyl (C=O) groups is 1. The van der Waals surface area contributed by atoms with Crippen LogP contribution in [-0.4, -0.2) is 40.7 Å². The first-order chi connectivity index (χ1) is 18.8. The molecule has 1 aliphatic heterocycles. The van der Waals surface area contributed by atoms with Crippen molar-refractivity contribution in [1.82, 2.24) is 14.7 Å². The quantitative estimate of drug-likeness (QED) is 0.246. The van der Waals surface area contributed by atoms with Gasteiger partial charge in [-0.25, -0.2) is 9.97 Å². The summed E-state index contributed by atoms with van der Waals surface area (Å²) in [5.41, 5.74) is 2.97. The Morgan fingerprint density at radius 1 is 1.08 bits per heavy atom. The van der Waals surface area contributed by atoms with Gasteiger partial charge >= 0.3 is 0 Å². The van der Waals surface area contributed by atoms with E-state index in [0.29, 0.717) is 52.1 Å². The molecule has 1 aliphatic rings. The Balaban J connectivity index is 1.56. The molecule has 200 valence electrons. The van der Waals surface area contributed by atoms with Crippen LogP contribution in [0.5, 0.6) is 23.1 Å². The highest BCUT2D eigenvalue weighted by Gasteiger charge is 2.24. The molecule has 11 heteroatoms.